The van der Waals surface area contributed by atoms with Gasteiger partial charge in [0.25, 0.3) is 5.91 Å². The van der Waals surface area contributed by atoms with Gasteiger partial charge in [0.2, 0.25) is 0 Å². The lowest BCUT2D eigenvalue weighted by atomic mass is 9.93. The van der Waals surface area contributed by atoms with E-state index in [1.165, 1.54) is 0 Å². The van der Waals surface area contributed by atoms with E-state index in [1.807, 2.05) is 73.7 Å². The van der Waals surface area contributed by atoms with Gasteiger partial charge < -0.3 is 5.32 Å². The van der Waals surface area contributed by atoms with E-state index < -0.39 is 5.91 Å². The van der Waals surface area contributed by atoms with Gasteiger partial charge in [-0.25, -0.2) is 0 Å². The van der Waals surface area contributed by atoms with Crippen LogP contribution in [0.2, 0.25) is 0 Å². The Labute approximate surface area is 202 Å². The Bertz CT molecular complexity index is 1400. The van der Waals surface area contributed by atoms with Gasteiger partial charge in [-0.2, -0.15) is 5.26 Å². The molecule has 4 rings (SSSR count). The summed E-state index contributed by atoms with van der Waals surface area (Å²) >= 11 is 3.63. The summed E-state index contributed by atoms with van der Waals surface area (Å²) in [5.74, 6) is -0.404. The van der Waals surface area contributed by atoms with Crippen LogP contribution in [-0.2, 0) is 17.6 Å². The van der Waals surface area contributed by atoms with Crippen LogP contribution in [0.25, 0.3) is 16.8 Å². The molecule has 0 saturated carbocycles. The highest BCUT2D eigenvalue weighted by Crippen LogP contribution is 2.29. The Hall–Kier alpha value is -3.68. The molecule has 4 heteroatoms. The number of nitrogens with one attached hydrogen (secondary N) is 1. The van der Waals surface area contributed by atoms with Crippen molar-refractivity contribution in [3.8, 4) is 6.07 Å². The zero-order valence-electron chi connectivity index (χ0n) is 18.3. The van der Waals surface area contributed by atoms with Crippen molar-refractivity contribution >= 4 is 44.4 Å². The molecule has 0 aliphatic carbocycles. The number of nitrogens with zero attached hydrogens (tertiary/aromatic N) is 1. The number of hydrogen-bond donors (Lipinski definition) is 1. The van der Waals surface area contributed by atoms with Crippen molar-refractivity contribution in [1.82, 2.24) is 0 Å². The molecule has 0 spiro atoms. The Morgan fingerprint density at radius 3 is 2.36 bits per heavy atom. The Morgan fingerprint density at radius 1 is 0.909 bits per heavy atom. The minimum Gasteiger partial charge on any atom is -0.321 e. The number of nitriles is 1. The highest BCUT2D eigenvalue weighted by atomic mass is 79.9. The molecule has 3 nitrogen and oxygen atoms in total. The van der Waals surface area contributed by atoms with E-state index in [0.29, 0.717) is 6.42 Å². The number of rotatable bonds is 6. The number of carbonyl (C=O) groups is 1. The maximum Gasteiger partial charge on any atom is 0.266 e. The maximum absolute atomic E-state index is 13.1. The summed E-state index contributed by atoms with van der Waals surface area (Å²) in [6.07, 6.45) is 3.19. The highest BCUT2D eigenvalue weighted by molar-refractivity contribution is 9.10. The smallest absolute Gasteiger partial charge is 0.266 e. The van der Waals surface area contributed by atoms with Gasteiger partial charge in [-0.3, -0.25) is 4.79 Å². The fourth-order valence-electron chi connectivity index (χ4n) is 3.95. The van der Waals surface area contributed by atoms with Crippen LogP contribution in [0.15, 0.2) is 95.0 Å². The van der Waals surface area contributed by atoms with Crippen LogP contribution in [0.1, 0.15) is 29.2 Å². The minimum atomic E-state index is -0.404. The Balaban J connectivity index is 1.78. The third-order valence-electron chi connectivity index (χ3n) is 5.70. The second kappa shape index (κ2) is 10.3. The van der Waals surface area contributed by atoms with Crippen molar-refractivity contribution in [2.75, 3.05) is 5.32 Å². The third kappa shape index (κ3) is 5.05. The number of amides is 1. The third-order valence-corrected chi connectivity index (χ3v) is 6.47. The van der Waals surface area contributed by atoms with Gasteiger partial charge in [-0.15, -0.1) is 0 Å². The lowest BCUT2D eigenvalue weighted by Crippen LogP contribution is -2.14. The summed E-state index contributed by atoms with van der Waals surface area (Å²) in [4.78, 5) is 13.1. The normalized spacial score (nSPS) is 11.2. The lowest BCUT2D eigenvalue weighted by Gasteiger charge is -2.13. The molecule has 4 aromatic rings. The largest absolute Gasteiger partial charge is 0.321 e. The van der Waals surface area contributed by atoms with Crippen LogP contribution in [-0.4, -0.2) is 5.91 Å². The first-order valence-corrected chi connectivity index (χ1v) is 11.6. The fourth-order valence-corrected chi connectivity index (χ4v) is 4.37. The quantitative estimate of drug-likeness (QED) is 0.225. The number of fused-ring (bicyclic) bond motifs is 1. The first-order valence-electron chi connectivity index (χ1n) is 10.9. The molecule has 0 aliphatic heterocycles. The van der Waals surface area contributed by atoms with Gasteiger partial charge in [-0.05, 0) is 64.1 Å². The average Bonchev–Trinajstić information content (AvgIpc) is 2.85. The van der Waals surface area contributed by atoms with Crippen LogP contribution >= 0.6 is 15.9 Å². The van der Waals surface area contributed by atoms with Gasteiger partial charge >= 0.3 is 0 Å². The van der Waals surface area contributed by atoms with E-state index in [1.54, 1.807) is 6.08 Å². The van der Waals surface area contributed by atoms with Crippen LogP contribution < -0.4 is 5.32 Å². The monoisotopic (exact) mass is 494 g/mol. The predicted octanol–water partition coefficient (Wildman–Crippen LogP) is 7.30. The lowest BCUT2D eigenvalue weighted by molar-refractivity contribution is -0.112. The van der Waals surface area contributed by atoms with Gasteiger partial charge in [0.1, 0.15) is 11.6 Å². The van der Waals surface area contributed by atoms with Crippen molar-refractivity contribution in [2.24, 2.45) is 0 Å². The molecule has 0 atom stereocenters. The molecule has 33 heavy (non-hydrogen) atoms. The molecule has 0 aromatic heterocycles. The van der Waals surface area contributed by atoms with Crippen LogP contribution in [0.4, 0.5) is 5.69 Å². The summed E-state index contributed by atoms with van der Waals surface area (Å²) in [7, 11) is 0. The topological polar surface area (TPSA) is 52.9 Å². The molecule has 1 N–H and O–H groups in total. The molecule has 0 fully saturated rings. The molecule has 0 aliphatic rings. The summed E-state index contributed by atoms with van der Waals surface area (Å²) < 4.78 is 1.03. The molecule has 0 heterocycles. The zero-order chi connectivity index (χ0) is 23.2. The van der Waals surface area contributed by atoms with Crippen molar-refractivity contribution < 1.29 is 4.79 Å². The molecule has 1 amide bonds. The summed E-state index contributed by atoms with van der Waals surface area (Å²) in [5, 5.41) is 14.9. The second-order valence-corrected chi connectivity index (χ2v) is 8.62. The van der Waals surface area contributed by atoms with E-state index in [9.17, 15) is 10.1 Å². The van der Waals surface area contributed by atoms with E-state index in [-0.39, 0.29) is 5.57 Å². The molecule has 0 bridgehead atoms. The molecule has 162 valence electrons. The average molecular weight is 495 g/mol. The predicted molar refractivity (Wildman–Crippen MR) is 139 cm³/mol. The van der Waals surface area contributed by atoms with E-state index in [0.717, 1.165) is 49.6 Å². The van der Waals surface area contributed by atoms with Crippen molar-refractivity contribution in [1.29, 1.82) is 5.26 Å². The summed E-state index contributed by atoms with van der Waals surface area (Å²) in [5.41, 5.74) is 4.92. The number of anilines is 1. The van der Waals surface area contributed by atoms with Crippen LogP contribution in [0.5, 0.6) is 0 Å². The fraction of sp³-hybridized carbons (Fsp3) is 0.103. The van der Waals surface area contributed by atoms with Gasteiger partial charge in [0.15, 0.2) is 0 Å². The van der Waals surface area contributed by atoms with E-state index in [4.69, 9.17) is 0 Å². The van der Waals surface area contributed by atoms with Crippen molar-refractivity contribution in [3.63, 3.8) is 0 Å². The van der Waals surface area contributed by atoms with Crippen molar-refractivity contribution in [2.45, 2.75) is 19.8 Å². The maximum atomic E-state index is 13.1. The van der Waals surface area contributed by atoms with Gasteiger partial charge in [-0.1, -0.05) is 95.7 Å². The SMILES string of the molecule is CCc1ccccc1NC(=O)/C(C#N)=C/c1c(Cc2ccccc2Br)ccc2ccccc12. The van der Waals surface area contributed by atoms with Gasteiger partial charge in [0.05, 0.1) is 0 Å². The number of para-hydroxylation sites is 1. The Morgan fingerprint density at radius 2 is 1.61 bits per heavy atom. The van der Waals surface area contributed by atoms with E-state index in [2.05, 4.69) is 45.5 Å². The summed E-state index contributed by atoms with van der Waals surface area (Å²) in [6, 6.07) is 30.1. The molecule has 0 unspecified atom stereocenters. The highest BCUT2D eigenvalue weighted by Gasteiger charge is 2.15. The first-order chi connectivity index (χ1) is 16.1. The van der Waals surface area contributed by atoms with Gasteiger partial charge in [0, 0.05) is 10.2 Å². The number of benzene rings is 4. The number of halogens is 1. The van der Waals surface area contributed by atoms with E-state index >= 15 is 0 Å². The molecule has 0 radical (unpaired) electrons. The second-order valence-electron chi connectivity index (χ2n) is 7.76. The van der Waals surface area contributed by atoms with Crippen LogP contribution in [0.3, 0.4) is 0 Å². The summed E-state index contributed by atoms with van der Waals surface area (Å²) in [6.45, 7) is 2.04. The number of aryl methyl sites for hydroxylation is 1. The Kier molecular flexibility index (Phi) is 7.02. The molecule has 4 aromatic carbocycles. The minimum absolute atomic E-state index is 0.0747. The standard InChI is InChI=1S/C29H23BrN2O/c1-2-20-9-5-8-14-28(20)32-29(33)24(19-31)18-26-22(17-23-11-4-7-13-27(23)30)16-15-21-10-3-6-12-25(21)26/h3-16,18H,2,17H2,1H3,(H,32,33)/b24-18+. The van der Waals surface area contributed by atoms with Crippen LogP contribution in [0, 0.1) is 11.3 Å². The zero-order valence-corrected chi connectivity index (χ0v) is 19.9. The van der Waals surface area contributed by atoms with Crippen molar-refractivity contribution in [3.05, 3.63) is 117 Å². The molecule has 0 saturated heterocycles. The number of carbonyl (C=O) groups excluding carboxylic acids is 1. The molecular formula is C29H23BrN2O. The first kappa shape index (κ1) is 22.5. The number of hydrogen-bond acceptors (Lipinski definition) is 2. The molecular weight excluding hydrogens is 472 g/mol.